The lowest BCUT2D eigenvalue weighted by Gasteiger charge is -2.10. The SMILES string of the molecule is Cc1cc(Cl)c(C(=O)Nc2cccc(-n3cnnc3)c2)cc1C. The van der Waals surface area contributed by atoms with Gasteiger partial charge in [0.15, 0.2) is 0 Å². The van der Waals surface area contributed by atoms with Gasteiger partial charge in [0.25, 0.3) is 5.91 Å². The number of aromatic nitrogens is 3. The van der Waals surface area contributed by atoms with E-state index in [1.807, 2.05) is 38.1 Å². The van der Waals surface area contributed by atoms with Gasteiger partial charge in [-0.25, -0.2) is 0 Å². The first-order valence-corrected chi connectivity index (χ1v) is 7.45. The minimum absolute atomic E-state index is 0.237. The Labute approximate surface area is 138 Å². The van der Waals surface area contributed by atoms with Gasteiger partial charge in [-0.15, -0.1) is 10.2 Å². The molecule has 3 rings (SSSR count). The number of aryl methyl sites for hydroxylation is 2. The van der Waals surface area contributed by atoms with Crippen LogP contribution in [0.5, 0.6) is 0 Å². The fourth-order valence-corrected chi connectivity index (χ4v) is 2.54. The summed E-state index contributed by atoms with van der Waals surface area (Å²) in [5.74, 6) is -0.237. The van der Waals surface area contributed by atoms with Gasteiger partial charge >= 0.3 is 0 Å². The van der Waals surface area contributed by atoms with Crippen molar-refractivity contribution in [3.05, 3.63) is 70.8 Å². The van der Waals surface area contributed by atoms with E-state index in [0.29, 0.717) is 16.3 Å². The molecule has 23 heavy (non-hydrogen) atoms. The fourth-order valence-electron chi connectivity index (χ4n) is 2.23. The number of rotatable bonds is 3. The van der Waals surface area contributed by atoms with Crippen molar-refractivity contribution < 1.29 is 4.79 Å². The topological polar surface area (TPSA) is 59.8 Å². The van der Waals surface area contributed by atoms with E-state index in [-0.39, 0.29) is 5.91 Å². The Morgan fingerprint density at radius 1 is 1.09 bits per heavy atom. The molecule has 0 aliphatic rings. The van der Waals surface area contributed by atoms with Gasteiger partial charge in [-0.1, -0.05) is 17.7 Å². The molecular weight excluding hydrogens is 312 g/mol. The Hall–Kier alpha value is -2.66. The van der Waals surface area contributed by atoms with Gasteiger partial charge in [-0.3, -0.25) is 9.36 Å². The highest BCUT2D eigenvalue weighted by Gasteiger charge is 2.12. The summed E-state index contributed by atoms with van der Waals surface area (Å²) in [6.07, 6.45) is 3.20. The maximum Gasteiger partial charge on any atom is 0.257 e. The number of hydrogen-bond donors (Lipinski definition) is 1. The third-order valence-electron chi connectivity index (χ3n) is 3.65. The molecule has 5 nitrogen and oxygen atoms in total. The van der Waals surface area contributed by atoms with E-state index in [2.05, 4.69) is 15.5 Å². The molecule has 0 atom stereocenters. The summed E-state index contributed by atoms with van der Waals surface area (Å²) >= 11 is 6.19. The molecule has 0 radical (unpaired) electrons. The number of anilines is 1. The lowest BCUT2D eigenvalue weighted by Crippen LogP contribution is -2.13. The first-order chi connectivity index (χ1) is 11.0. The smallest absolute Gasteiger partial charge is 0.257 e. The molecule has 1 aromatic heterocycles. The van der Waals surface area contributed by atoms with E-state index in [1.165, 1.54) is 0 Å². The van der Waals surface area contributed by atoms with Crippen molar-refractivity contribution in [3.8, 4) is 5.69 Å². The summed E-state index contributed by atoms with van der Waals surface area (Å²) in [4.78, 5) is 12.5. The Bertz CT molecular complexity index is 859. The average Bonchev–Trinajstić information content (AvgIpc) is 3.05. The molecule has 0 unspecified atom stereocenters. The average molecular weight is 327 g/mol. The van der Waals surface area contributed by atoms with Crippen molar-refractivity contribution >= 4 is 23.2 Å². The summed E-state index contributed by atoms with van der Waals surface area (Å²) in [6.45, 7) is 3.92. The summed E-state index contributed by atoms with van der Waals surface area (Å²) in [7, 11) is 0. The van der Waals surface area contributed by atoms with Crippen LogP contribution in [0, 0.1) is 13.8 Å². The second-order valence-corrected chi connectivity index (χ2v) is 5.70. The van der Waals surface area contributed by atoms with Gasteiger partial charge in [0.1, 0.15) is 12.7 Å². The lowest BCUT2D eigenvalue weighted by atomic mass is 10.1. The van der Waals surface area contributed by atoms with Gasteiger partial charge in [0.05, 0.1) is 16.3 Å². The molecule has 2 aromatic carbocycles. The van der Waals surface area contributed by atoms with Crippen LogP contribution in [0.15, 0.2) is 49.1 Å². The van der Waals surface area contributed by atoms with Crippen LogP contribution in [0.1, 0.15) is 21.5 Å². The molecule has 1 heterocycles. The molecule has 116 valence electrons. The molecule has 0 fully saturated rings. The molecular formula is C17H15ClN4O. The Balaban J connectivity index is 1.86. The highest BCUT2D eigenvalue weighted by molar-refractivity contribution is 6.34. The van der Waals surface area contributed by atoms with E-state index in [1.54, 1.807) is 29.4 Å². The third-order valence-corrected chi connectivity index (χ3v) is 3.96. The minimum Gasteiger partial charge on any atom is -0.322 e. The second-order valence-electron chi connectivity index (χ2n) is 5.29. The van der Waals surface area contributed by atoms with Crippen LogP contribution in [-0.2, 0) is 0 Å². The van der Waals surface area contributed by atoms with E-state index >= 15 is 0 Å². The predicted molar refractivity (Wildman–Crippen MR) is 90.2 cm³/mol. The van der Waals surface area contributed by atoms with Gasteiger partial charge in [0, 0.05) is 5.69 Å². The molecule has 6 heteroatoms. The van der Waals surface area contributed by atoms with Crippen molar-refractivity contribution in [3.63, 3.8) is 0 Å². The standard InChI is InChI=1S/C17H15ClN4O/c1-11-6-15(16(18)7-12(11)2)17(23)21-13-4-3-5-14(8-13)22-9-19-20-10-22/h3-10H,1-2H3,(H,21,23). The Morgan fingerprint density at radius 2 is 1.78 bits per heavy atom. The van der Waals surface area contributed by atoms with Crippen LogP contribution in [0.3, 0.4) is 0 Å². The fraction of sp³-hybridized carbons (Fsp3) is 0.118. The highest BCUT2D eigenvalue weighted by atomic mass is 35.5. The van der Waals surface area contributed by atoms with Crippen molar-refractivity contribution in [2.24, 2.45) is 0 Å². The predicted octanol–water partition coefficient (Wildman–Crippen LogP) is 3.79. The van der Waals surface area contributed by atoms with Gasteiger partial charge in [-0.05, 0) is 55.3 Å². The summed E-state index contributed by atoms with van der Waals surface area (Å²) in [6, 6.07) is 11.0. The van der Waals surface area contributed by atoms with Gasteiger partial charge in [-0.2, -0.15) is 0 Å². The van der Waals surface area contributed by atoms with Crippen molar-refractivity contribution in [1.82, 2.24) is 14.8 Å². The monoisotopic (exact) mass is 326 g/mol. The number of benzene rings is 2. The van der Waals surface area contributed by atoms with Gasteiger partial charge in [0.2, 0.25) is 0 Å². The molecule has 0 saturated heterocycles. The van der Waals surface area contributed by atoms with Crippen LogP contribution >= 0.6 is 11.6 Å². The summed E-state index contributed by atoms with van der Waals surface area (Å²) in [5.41, 5.74) is 4.08. The van der Waals surface area contributed by atoms with Crippen molar-refractivity contribution in [2.45, 2.75) is 13.8 Å². The Kier molecular flexibility index (Phi) is 4.12. The van der Waals surface area contributed by atoms with E-state index < -0.39 is 0 Å². The first kappa shape index (κ1) is 15.2. The van der Waals surface area contributed by atoms with Crippen LogP contribution < -0.4 is 5.32 Å². The summed E-state index contributed by atoms with van der Waals surface area (Å²) < 4.78 is 1.76. The Morgan fingerprint density at radius 3 is 2.52 bits per heavy atom. The van der Waals surface area contributed by atoms with Crippen molar-refractivity contribution in [2.75, 3.05) is 5.32 Å². The number of nitrogens with one attached hydrogen (secondary N) is 1. The maximum atomic E-state index is 12.5. The molecule has 3 aromatic rings. The third kappa shape index (κ3) is 3.24. The van der Waals surface area contributed by atoms with Gasteiger partial charge < -0.3 is 5.32 Å². The van der Waals surface area contributed by atoms with Crippen LogP contribution in [0.2, 0.25) is 5.02 Å². The largest absolute Gasteiger partial charge is 0.322 e. The highest BCUT2D eigenvalue weighted by Crippen LogP contribution is 2.22. The number of nitrogens with zero attached hydrogens (tertiary/aromatic N) is 3. The number of halogens is 1. The van der Waals surface area contributed by atoms with E-state index in [9.17, 15) is 4.79 Å². The molecule has 0 aliphatic heterocycles. The minimum atomic E-state index is -0.237. The second kappa shape index (κ2) is 6.22. The molecule has 1 N–H and O–H groups in total. The van der Waals surface area contributed by atoms with Crippen LogP contribution in [-0.4, -0.2) is 20.7 Å². The number of amides is 1. The first-order valence-electron chi connectivity index (χ1n) is 7.08. The van der Waals surface area contributed by atoms with E-state index in [4.69, 9.17) is 11.6 Å². The quantitative estimate of drug-likeness (QED) is 0.796. The number of hydrogen-bond acceptors (Lipinski definition) is 3. The zero-order chi connectivity index (χ0) is 16.4. The molecule has 1 amide bonds. The van der Waals surface area contributed by atoms with Crippen molar-refractivity contribution in [1.29, 1.82) is 0 Å². The molecule has 0 aliphatic carbocycles. The van der Waals surface area contributed by atoms with Crippen LogP contribution in [0.25, 0.3) is 5.69 Å². The van der Waals surface area contributed by atoms with Crippen LogP contribution in [0.4, 0.5) is 5.69 Å². The molecule has 0 bridgehead atoms. The maximum absolute atomic E-state index is 12.5. The normalized spacial score (nSPS) is 10.6. The summed E-state index contributed by atoms with van der Waals surface area (Å²) in [5, 5.41) is 10.9. The lowest BCUT2D eigenvalue weighted by molar-refractivity contribution is 0.102. The zero-order valence-electron chi connectivity index (χ0n) is 12.7. The number of carbonyl (C=O) groups is 1. The number of carbonyl (C=O) groups excluding carboxylic acids is 1. The molecule has 0 spiro atoms. The molecule has 0 saturated carbocycles. The van der Waals surface area contributed by atoms with E-state index in [0.717, 1.165) is 16.8 Å². The zero-order valence-corrected chi connectivity index (χ0v) is 13.5.